The van der Waals surface area contributed by atoms with Crippen molar-refractivity contribution in [1.29, 1.82) is 0 Å². The number of rotatable bonds is 9. The summed E-state index contributed by atoms with van der Waals surface area (Å²) in [6, 6.07) is 11.9. The van der Waals surface area contributed by atoms with Gasteiger partial charge in [-0.3, -0.25) is 14.4 Å². The fourth-order valence-corrected chi connectivity index (χ4v) is 10.5. The molecule has 0 atom stereocenters. The predicted molar refractivity (Wildman–Crippen MR) is 136 cm³/mol. The first-order chi connectivity index (χ1) is 16.1. The molecule has 0 aromatic heterocycles. The van der Waals surface area contributed by atoms with Crippen molar-refractivity contribution in [1.82, 2.24) is 0 Å². The van der Waals surface area contributed by atoms with Crippen LogP contribution in [0.1, 0.15) is 82.0 Å². The van der Waals surface area contributed by atoms with Crippen LogP contribution in [0.15, 0.2) is 42.5 Å². The van der Waals surface area contributed by atoms with Gasteiger partial charge in [-0.25, -0.2) is 4.90 Å². The zero-order valence-corrected chi connectivity index (χ0v) is 22.2. The Morgan fingerprint density at radius 1 is 0.824 bits per heavy atom. The van der Waals surface area contributed by atoms with Crippen molar-refractivity contribution in [3.05, 3.63) is 53.6 Å². The molecule has 0 saturated heterocycles. The van der Waals surface area contributed by atoms with Gasteiger partial charge in [-0.15, -0.1) is 0 Å². The van der Waals surface area contributed by atoms with E-state index in [4.69, 9.17) is 9.16 Å². The van der Waals surface area contributed by atoms with Crippen LogP contribution in [0.5, 0.6) is 11.5 Å². The minimum atomic E-state index is -2.44. The monoisotopic (exact) mass is 481 g/mol. The highest BCUT2D eigenvalue weighted by atomic mass is 28.4. The summed E-state index contributed by atoms with van der Waals surface area (Å²) < 4.78 is 12.6. The molecule has 0 spiro atoms. The first-order valence-corrected chi connectivity index (χ1v) is 14.2. The number of anilines is 1. The number of ether oxygens (including phenoxy) is 1. The molecule has 0 saturated carbocycles. The molecule has 0 unspecified atom stereocenters. The van der Waals surface area contributed by atoms with Crippen molar-refractivity contribution in [2.45, 2.75) is 77.9 Å². The van der Waals surface area contributed by atoms with E-state index in [0.29, 0.717) is 23.3 Å². The van der Waals surface area contributed by atoms with Gasteiger partial charge in [0.15, 0.2) is 5.75 Å². The molecule has 0 fully saturated rings. The summed E-state index contributed by atoms with van der Waals surface area (Å²) in [6.07, 6.45) is 0.858. The molecule has 7 heteroatoms. The van der Waals surface area contributed by atoms with E-state index in [2.05, 4.69) is 41.5 Å². The van der Waals surface area contributed by atoms with E-state index in [1.165, 1.54) is 0 Å². The molecule has 2 aromatic carbocycles. The maximum Gasteiger partial charge on any atom is 0.311 e. The molecular weight excluding hydrogens is 446 g/mol. The molecule has 6 nitrogen and oxygen atoms in total. The third-order valence-electron chi connectivity index (χ3n) is 6.65. The Kier molecular flexibility index (Phi) is 7.66. The molecule has 1 heterocycles. The molecule has 2 amide bonds. The lowest BCUT2D eigenvalue weighted by molar-refractivity contribution is -0.134. The van der Waals surface area contributed by atoms with Crippen LogP contribution in [-0.2, 0) is 4.79 Å². The Morgan fingerprint density at radius 3 is 1.79 bits per heavy atom. The Bertz CT molecular complexity index is 1040. The van der Waals surface area contributed by atoms with E-state index in [1.54, 1.807) is 42.5 Å². The molecule has 1 aliphatic rings. The lowest BCUT2D eigenvalue weighted by atomic mass is 10.1. The fourth-order valence-electron chi connectivity index (χ4n) is 5.20. The summed E-state index contributed by atoms with van der Waals surface area (Å²) in [5.74, 6) is -0.757. The van der Waals surface area contributed by atoms with E-state index < -0.39 is 26.1 Å². The van der Waals surface area contributed by atoms with E-state index >= 15 is 0 Å². The summed E-state index contributed by atoms with van der Waals surface area (Å²) in [7, 11) is -2.44. The SMILES string of the molecule is CCCC(=O)Oc1cccc(O[Si](C(C)C)(C(C)C)C(C)C)c1N1C(=O)c2ccccc2C1=O. The Balaban J connectivity index is 2.22. The van der Waals surface area contributed by atoms with Crippen LogP contribution >= 0.6 is 0 Å². The van der Waals surface area contributed by atoms with Gasteiger partial charge in [0, 0.05) is 6.42 Å². The van der Waals surface area contributed by atoms with Gasteiger partial charge in [-0.2, -0.15) is 0 Å². The number of fused-ring (bicyclic) bond motifs is 1. The average Bonchev–Trinajstić information content (AvgIpc) is 3.02. The molecule has 3 rings (SSSR count). The van der Waals surface area contributed by atoms with Crippen molar-refractivity contribution in [3.8, 4) is 11.5 Å². The van der Waals surface area contributed by atoms with E-state index in [1.807, 2.05) is 6.92 Å². The van der Waals surface area contributed by atoms with Gasteiger partial charge < -0.3 is 9.16 Å². The maximum absolute atomic E-state index is 13.4. The normalized spacial score (nSPS) is 13.8. The number of para-hydroxylation sites is 1. The Labute approximate surface area is 203 Å². The molecule has 0 N–H and O–H groups in total. The van der Waals surface area contributed by atoms with Gasteiger partial charge >= 0.3 is 5.97 Å². The number of nitrogens with zero attached hydrogens (tertiary/aromatic N) is 1. The van der Waals surface area contributed by atoms with Gasteiger partial charge in [0.05, 0.1) is 11.1 Å². The number of carbonyl (C=O) groups is 3. The molecule has 34 heavy (non-hydrogen) atoms. The van der Waals surface area contributed by atoms with Crippen molar-refractivity contribution < 1.29 is 23.5 Å². The lowest BCUT2D eigenvalue weighted by Gasteiger charge is -2.43. The highest BCUT2D eigenvalue weighted by molar-refractivity contribution is 6.78. The van der Waals surface area contributed by atoms with Crippen LogP contribution in [0.4, 0.5) is 5.69 Å². The summed E-state index contributed by atoms with van der Waals surface area (Å²) in [4.78, 5) is 40.4. The average molecular weight is 482 g/mol. The number of esters is 1. The number of benzene rings is 2. The summed E-state index contributed by atoms with van der Waals surface area (Å²) in [5.41, 5.74) is 1.68. The van der Waals surface area contributed by atoms with Gasteiger partial charge in [0.1, 0.15) is 11.4 Å². The van der Waals surface area contributed by atoms with Crippen LogP contribution in [-0.4, -0.2) is 26.1 Å². The van der Waals surface area contributed by atoms with Crippen LogP contribution < -0.4 is 14.1 Å². The smallest absolute Gasteiger partial charge is 0.311 e. The Morgan fingerprint density at radius 2 is 1.32 bits per heavy atom. The molecular formula is C27H35NO5Si. The first kappa shape index (κ1) is 25.7. The second-order valence-electron chi connectivity index (χ2n) is 9.74. The van der Waals surface area contributed by atoms with E-state index in [-0.39, 0.29) is 34.5 Å². The number of hydrogen-bond acceptors (Lipinski definition) is 5. The molecule has 1 aliphatic heterocycles. The fraction of sp³-hybridized carbons (Fsp3) is 0.444. The van der Waals surface area contributed by atoms with Crippen LogP contribution in [0, 0.1) is 0 Å². The van der Waals surface area contributed by atoms with E-state index in [9.17, 15) is 14.4 Å². The van der Waals surface area contributed by atoms with Crippen molar-refractivity contribution in [3.63, 3.8) is 0 Å². The second kappa shape index (κ2) is 10.1. The molecule has 2 aromatic rings. The summed E-state index contributed by atoms with van der Waals surface area (Å²) >= 11 is 0. The third-order valence-corrected chi connectivity index (χ3v) is 12.6. The minimum Gasteiger partial charge on any atom is -0.541 e. The van der Waals surface area contributed by atoms with Gasteiger partial charge in [-0.05, 0) is 47.3 Å². The quantitative estimate of drug-likeness (QED) is 0.171. The molecule has 0 radical (unpaired) electrons. The first-order valence-electron chi connectivity index (χ1n) is 12.1. The zero-order chi connectivity index (χ0) is 25.2. The van der Waals surface area contributed by atoms with Gasteiger partial charge in [0.25, 0.3) is 20.1 Å². The molecule has 182 valence electrons. The zero-order valence-electron chi connectivity index (χ0n) is 21.2. The summed E-state index contributed by atoms with van der Waals surface area (Å²) in [5, 5.41) is 0. The summed E-state index contributed by atoms with van der Waals surface area (Å²) in [6.45, 7) is 14.9. The standard InChI is InChI=1S/C27H35NO5Si/c1-8-12-24(29)32-22-15-11-16-23(33-34(17(2)3,18(4)5)19(6)7)25(22)28-26(30)20-13-9-10-14-21(20)27(28)31/h9-11,13-19H,8,12H2,1-7H3. The highest BCUT2D eigenvalue weighted by Gasteiger charge is 2.48. The van der Waals surface area contributed by atoms with Crippen LogP contribution in [0.2, 0.25) is 16.6 Å². The lowest BCUT2D eigenvalue weighted by Crippen LogP contribution is -2.51. The van der Waals surface area contributed by atoms with Crippen molar-refractivity contribution in [2.24, 2.45) is 0 Å². The van der Waals surface area contributed by atoms with Gasteiger partial charge in [0.2, 0.25) is 0 Å². The molecule has 0 aliphatic carbocycles. The number of carbonyl (C=O) groups excluding carboxylic acids is 3. The van der Waals surface area contributed by atoms with Crippen molar-refractivity contribution in [2.75, 3.05) is 4.90 Å². The third kappa shape index (κ3) is 4.41. The number of hydrogen-bond donors (Lipinski definition) is 0. The second-order valence-corrected chi connectivity index (χ2v) is 15.1. The number of imide groups is 1. The largest absolute Gasteiger partial charge is 0.541 e. The molecule has 0 bridgehead atoms. The van der Waals surface area contributed by atoms with Gasteiger partial charge in [-0.1, -0.05) is 66.7 Å². The predicted octanol–water partition coefficient (Wildman–Crippen LogP) is 6.75. The van der Waals surface area contributed by atoms with Crippen molar-refractivity contribution >= 4 is 31.8 Å². The maximum atomic E-state index is 13.4. The topological polar surface area (TPSA) is 72.9 Å². The van der Waals surface area contributed by atoms with Crippen LogP contribution in [0.3, 0.4) is 0 Å². The van der Waals surface area contributed by atoms with Crippen LogP contribution in [0.25, 0.3) is 0 Å². The van der Waals surface area contributed by atoms with E-state index in [0.717, 1.165) is 4.90 Å². The Hall–Kier alpha value is -2.93. The minimum absolute atomic E-state index is 0.157. The highest BCUT2D eigenvalue weighted by Crippen LogP contribution is 2.48. The number of amides is 2.